The van der Waals surface area contributed by atoms with E-state index in [1.807, 2.05) is 19.2 Å². The first kappa shape index (κ1) is 12.5. The van der Waals surface area contributed by atoms with Crippen molar-refractivity contribution in [2.75, 3.05) is 5.32 Å². The number of carbonyl (C=O) groups is 1. The fraction of sp³-hybridized carbons (Fsp3) is 0.400. The van der Waals surface area contributed by atoms with Crippen LogP contribution < -0.4 is 10.6 Å². The van der Waals surface area contributed by atoms with Crippen molar-refractivity contribution < 1.29 is 4.79 Å². The fourth-order valence-corrected chi connectivity index (χ4v) is 1.93. The molecule has 0 unspecified atom stereocenters. The molecule has 0 aliphatic heterocycles. The summed E-state index contributed by atoms with van der Waals surface area (Å²) in [5.74, 6) is 1.03. The maximum atomic E-state index is 11.6. The Morgan fingerprint density at radius 3 is 2.78 bits per heavy atom. The first-order valence-corrected chi connectivity index (χ1v) is 6.26. The standard InChI is InChI=1S/C10H14N6OS/c1-6-12-9(15-16(6)3)14-10(17)11-4-8-5-18-7(2)13-8/h5H,4H2,1-3H3,(H2,11,14,15,17). The van der Waals surface area contributed by atoms with Gasteiger partial charge in [-0.25, -0.2) is 9.78 Å². The molecule has 2 amide bonds. The molecule has 96 valence electrons. The topological polar surface area (TPSA) is 84.7 Å². The number of rotatable bonds is 3. The van der Waals surface area contributed by atoms with Crippen molar-refractivity contribution in [2.24, 2.45) is 7.05 Å². The lowest BCUT2D eigenvalue weighted by Gasteiger charge is -2.02. The van der Waals surface area contributed by atoms with Crippen LogP contribution in [0, 0.1) is 13.8 Å². The first-order chi connectivity index (χ1) is 8.54. The largest absolute Gasteiger partial charge is 0.332 e. The summed E-state index contributed by atoms with van der Waals surface area (Å²) >= 11 is 1.55. The number of urea groups is 1. The summed E-state index contributed by atoms with van der Waals surface area (Å²) in [6.07, 6.45) is 0. The van der Waals surface area contributed by atoms with Crippen LogP contribution in [0.3, 0.4) is 0 Å². The molecular formula is C10H14N6OS. The van der Waals surface area contributed by atoms with Crippen molar-refractivity contribution in [1.29, 1.82) is 0 Å². The molecule has 2 heterocycles. The van der Waals surface area contributed by atoms with Crippen LogP contribution in [0.2, 0.25) is 0 Å². The number of hydrogen-bond acceptors (Lipinski definition) is 5. The van der Waals surface area contributed by atoms with Gasteiger partial charge >= 0.3 is 6.03 Å². The third kappa shape index (κ3) is 3.04. The predicted octanol–water partition coefficient (Wildman–Crippen LogP) is 1.21. The molecule has 7 nitrogen and oxygen atoms in total. The van der Waals surface area contributed by atoms with E-state index in [0.717, 1.165) is 16.5 Å². The van der Waals surface area contributed by atoms with Gasteiger partial charge in [-0.2, -0.15) is 4.98 Å². The lowest BCUT2D eigenvalue weighted by Crippen LogP contribution is -2.28. The predicted molar refractivity (Wildman–Crippen MR) is 68.4 cm³/mol. The van der Waals surface area contributed by atoms with E-state index in [0.29, 0.717) is 12.5 Å². The second kappa shape index (κ2) is 5.13. The van der Waals surface area contributed by atoms with Gasteiger partial charge in [0, 0.05) is 12.4 Å². The summed E-state index contributed by atoms with van der Waals surface area (Å²) in [6, 6.07) is -0.341. The van der Waals surface area contributed by atoms with Gasteiger partial charge in [-0.05, 0) is 13.8 Å². The molecule has 2 rings (SSSR count). The monoisotopic (exact) mass is 266 g/mol. The zero-order valence-electron chi connectivity index (χ0n) is 10.4. The highest BCUT2D eigenvalue weighted by Gasteiger charge is 2.07. The average Bonchev–Trinajstić information content (AvgIpc) is 2.84. The molecule has 0 atom stereocenters. The Morgan fingerprint density at radius 1 is 1.44 bits per heavy atom. The molecule has 0 saturated heterocycles. The number of carbonyl (C=O) groups excluding carboxylic acids is 1. The van der Waals surface area contributed by atoms with E-state index >= 15 is 0 Å². The lowest BCUT2D eigenvalue weighted by molar-refractivity contribution is 0.251. The van der Waals surface area contributed by atoms with Crippen molar-refractivity contribution >= 4 is 23.3 Å². The number of hydrogen-bond donors (Lipinski definition) is 2. The highest BCUT2D eigenvalue weighted by atomic mass is 32.1. The Hall–Kier alpha value is -1.96. The Labute approximate surface area is 108 Å². The molecule has 0 saturated carbocycles. The molecule has 0 spiro atoms. The maximum Gasteiger partial charge on any atom is 0.321 e. The molecule has 8 heteroatoms. The van der Waals surface area contributed by atoms with E-state index in [2.05, 4.69) is 25.7 Å². The van der Waals surface area contributed by atoms with E-state index in [-0.39, 0.29) is 6.03 Å². The number of anilines is 1. The Kier molecular flexibility index (Phi) is 3.56. The summed E-state index contributed by atoms with van der Waals surface area (Å²) in [6.45, 7) is 4.13. The quantitative estimate of drug-likeness (QED) is 0.874. The average molecular weight is 266 g/mol. The van der Waals surface area contributed by atoms with Gasteiger partial charge in [0.1, 0.15) is 5.82 Å². The summed E-state index contributed by atoms with van der Waals surface area (Å²) < 4.78 is 1.60. The summed E-state index contributed by atoms with van der Waals surface area (Å²) in [5, 5.41) is 12.2. The third-order valence-corrected chi connectivity index (χ3v) is 3.13. The number of aromatic nitrogens is 4. The normalized spacial score (nSPS) is 10.4. The first-order valence-electron chi connectivity index (χ1n) is 5.38. The molecule has 2 aromatic rings. The Morgan fingerprint density at radius 2 is 2.22 bits per heavy atom. The van der Waals surface area contributed by atoms with Gasteiger partial charge < -0.3 is 5.32 Å². The Balaban J connectivity index is 1.85. The van der Waals surface area contributed by atoms with Crippen LogP contribution in [0.4, 0.5) is 10.7 Å². The molecular weight excluding hydrogens is 252 g/mol. The van der Waals surface area contributed by atoms with Crippen molar-refractivity contribution in [1.82, 2.24) is 25.1 Å². The lowest BCUT2D eigenvalue weighted by atomic mass is 10.5. The second-order valence-electron chi connectivity index (χ2n) is 3.77. The number of nitrogens with zero attached hydrogens (tertiary/aromatic N) is 4. The summed E-state index contributed by atoms with van der Waals surface area (Å²) in [4.78, 5) is 19.9. The van der Waals surface area contributed by atoms with Gasteiger partial charge in [0.05, 0.1) is 17.2 Å². The zero-order valence-corrected chi connectivity index (χ0v) is 11.2. The third-order valence-electron chi connectivity index (χ3n) is 2.30. The van der Waals surface area contributed by atoms with E-state index in [9.17, 15) is 4.79 Å². The molecule has 0 aromatic carbocycles. The molecule has 0 fully saturated rings. The van der Waals surface area contributed by atoms with E-state index in [1.165, 1.54) is 0 Å². The highest BCUT2D eigenvalue weighted by molar-refractivity contribution is 7.09. The van der Waals surface area contributed by atoms with Crippen molar-refractivity contribution in [3.05, 3.63) is 21.9 Å². The molecule has 0 aliphatic rings. The van der Waals surface area contributed by atoms with Gasteiger partial charge in [0.25, 0.3) is 0 Å². The van der Waals surface area contributed by atoms with Crippen LogP contribution >= 0.6 is 11.3 Å². The second-order valence-corrected chi connectivity index (χ2v) is 4.83. The smallest absolute Gasteiger partial charge is 0.321 e. The molecule has 2 N–H and O–H groups in total. The number of amides is 2. The van der Waals surface area contributed by atoms with Crippen LogP contribution in [0.15, 0.2) is 5.38 Å². The highest BCUT2D eigenvalue weighted by Crippen LogP contribution is 2.07. The minimum Gasteiger partial charge on any atom is -0.332 e. The number of aryl methyl sites for hydroxylation is 3. The van der Waals surface area contributed by atoms with E-state index in [1.54, 1.807) is 23.1 Å². The number of nitrogens with one attached hydrogen (secondary N) is 2. The summed E-state index contributed by atoms with van der Waals surface area (Å²) in [5.41, 5.74) is 0.845. The van der Waals surface area contributed by atoms with Crippen molar-refractivity contribution in [3.8, 4) is 0 Å². The van der Waals surface area contributed by atoms with Gasteiger partial charge in [0.15, 0.2) is 0 Å². The minimum atomic E-state index is -0.341. The van der Waals surface area contributed by atoms with Crippen LogP contribution in [0.1, 0.15) is 16.5 Å². The van der Waals surface area contributed by atoms with Gasteiger partial charge in [0.2, 0.25) is 5.95 Å². The maximum absolute atomic E-state index is 11.6. The van der Waals surface area contributed by atoms with Crippen LogP contribution in [0.25, 0.3) is 0 Å². The molecule has 0 radical (unpaired) electrons. The van der Waals surface area contributed by atoms with E-state index in [4.69, 9.17) is 0 Å². The molecule has 0 aliphatic carbocycles. The molecule has 2 aromatic heterocycles. The zero-order chi connectivity index (χ0) is 13.1. The van der Waals surface area contributed by atoms with Gasteiger partial charge in [-0.1, -0.05) is 0 Å². The van der Waals surface area contributed by atoms with E-state index < -0.39 is 0 Å². The van der Waals surface area contributed by atoms with Crippen molar-refractivity contribution in [2.45, 2.75) is 20.4 Å². The van der Waals surface area contributed by atoms with Crippen LogP contribution in [-0.4, -0.2) is 25.8 Å². The van der Waals surface area contributed by atoms with Gasteiger partial charge in [-0.15, -0.1) is 16.4 Å². The van der Waals surface area contributed by atoms with Gasteiger partial charge in [-0.3, -0.25) is 10.00 Å². The SMILES string of the molecule is Cc1nc(CNC(=O)Nc2nc(C)n(C)n2)cs1. The Bertz CT molecular complexity index is 541. The summed E-state index contributed by atoms with van der Waals surface area (Å²) in [7, 11) is 1.77. The van der Waals surface area contributed by atoms with Crippen molar-refractivity contribution in [3.63, 3.8) is 0 Å². The number of thiazole rings is 1. The minimum absolute atomic E-state index is 0.293. The molecule has 18 heavy (non-hydrogen) atoms. The fourth-order valence-electron chi connectivity index (χ4n) is 1.32. The van der Waals surface area contributed by atoms with Crippen LogP contribution in [0.5, 0.6) is 0 Å². The van der Waals surface area contributed by atoms with Crippen LogP contribution in [-0.2, 0) is 13.6 Å². The molecule has 0 bridgehead atoms.